The van der Waals surface area contributed by atoms with E-state index in [4.69, 9.17) is 16.3 Å². The Kier molecular flexibility index (Phi) is 2.98. The van der Waals surface area contributed by atoms with Crippen molar-refractivity contribution in [1.29, 1.82) is 0 Å². The number of anilines is 1. The van der Waals surface area contributed by atoms with Crippen LogP contribution in [-0.2, 0) is 4.74 Å². The number of nitrogens with zero attached hydrogens (tertiary/aromatic N) is 2. The third-order valence-corrected chi connectivity index (χ3v) is 3.01. The van der Waals surface area contributed by atoms with Crippen molar-refractivity contribution >= 4 is 29.0 Å². The van der Waals surface area contributed by atoms with Gasteiger partial charge in [0, 0.05) is 17.6 Å². The first-order chi connectivity index (χ1) is 8.04. The van der Waals surface area contributed by atoms with Crippen molar-refractivity contribution in [2.45, 2.75) is 0 Å². The molecular formula is C12H13ClN2O2. The smallest absolute Gasteiger partial charge is 0.428 e. The normalized spacial score (nSPS) is 14.6. The van der Waals surface area contributed by atoms with Crippen molar-refractivity contribution in [2.75, 3.05) is 25.7 Å². The predicted molar refractivity (Wildman–Crippen MR) is 68.0 cm³/mol. The number of methoxy groups -OCH3 is 1. The Morgan fingerprint density at radius 3 is 2.88 bits per heavy atom. The van der Waals surface area contributed by atoms with Gasteiger partial charge in [0.05, 0.1) is 19.3 Å². The largest absolute Gasteiger partial charge is 0.452 e. The Hall–Kier alpha value is -1.68. The summed E-state index contributed by atoms with van der Waals surface area (Å²) >= 11 is 5.95. The molecule has 1 heterocycles. The minimum Gasteiger partial charge on any atom is -0.452 e. The fourth-order valence-electron chi connectivity index (χ4n) is 1.87. The summed E-state index contributed by atoms with van der Waals surface area (Å²) in [5.41, 5.74) is 2.68. The van der Waals surface area contributed by atoms with E-state index in [1.54, 1.807) is 18.1 Å². The summed E-state index contributed by atoms with van der Waals surface area (Å²) in [5.74, 6) is 0. The van der Waals surface area contributed by atoms with E-state index in [1.807, 2.05) is 12.1 Å². The summed E-state index contributed by atoms with van der Waals surface area (Å²) in [4.78, 5) is 11.6. The van der Waals surface area contributed by atoms with Crippen molar-refractivity contribution in [3.63, 3.8) is 0 Å². The number of halogens is 1. The first kappa shape index (κ1) is 11.8. The monoisotopic (exact) mass is 252 g/mol. The first-order valence-corrected chi connectivity index (χ1v) is 5.49. The molecule has 0 aromatic heterocycles. The van der Waals surface area contributed by atoms with Gasteiger partial charge in [0.2, 0.25) is 0 Å². The number of hydrogen-bond acceptors (Lipinski definition) is 3. The lowest BCUT2D eigenvalue weighted by atomic mass is 10.0. The highest BCUT2D eigenvalue weighted by Gasteiger charge is 2.28. The van der Waals surface area contributed by atoms with Gasteiger partial charge >= 0.3 is 6.09 Å². The maximum absolute atomic E-state index is 11.6. The van der Waals surface area contributed by atoms with Crippen molar-refractivity contribution in [2.24, 2.45) is 0 Å². The molecule has 0 atom stereocenters. The number of ether oxygens (including phenoxy) is 1. The second kappa shape index (κ2) is 4.30. The van der Waals surface area contributed by atoms with Crippen LogP contribution < -0.4 is 5.01 Å². The first-order valence-electron chi connectivity index (χ1n) is 5.11. The molecule has 0 fully saturated rings. The quantitative estimate of drug-likeness (QED) is 0.712. The summed E-state index contributed by atoms with van der Waals surface area (Å²) in [5, 5.41) is 3.88. The van der Waals surface area contributed by atoms with Gasteiger partial charge in [0.15, 0.2) is 0 Å². The molecule has 5 heteroatoms. The molecule has 17 heavy (non-hydrogen) atoms. The lowest BCUT2D eigenvalue weighted by Gasteiger charge is -2.38. The lowest BCUT2D eigenvalue weighted by Crippen LogP contribution is -2.47. The van der Waals surface area contributed by atoms with Crippen molar-refractivity contribution in [1.82, 2.24) is 5.01 Å². The van der Waals surface area contributed by atoms with Gasteiger partial charge in [-0.1, -0.05) is 18.2 Å². The van der Waals surface area contributed by atoms with Gasteiger partial charge in [-0.3, -0.25) is 5.01 Å². The highest BCUT2D eigenvalue weighted by molar-refractivity contribution is 6.30. The average molecular weight is 253 g/mol. The molecule has 2 rings (SSSR count). The number of hydrogen-bond donors (Lipinski definition) is 0. The Morgan fingerprint density at radius 2 is 2.24 bits per heavy atom. The standard InChI is InChI=1S/C12H13ClN2O2/c1-8-7-15(12(16)17-3)14(2)11-5-4-9(13)6-10(8)11/h4-6H,1,7H2,2-3H3. The zero-order valence-corrected chi connectivity index (χ0v) is 10.5. The van der Waals surface area contributed by atoms with Gasteiger partial charge in [0.25, 0.3) is 0 Å². The molecule has 1 aromatic rings. The number of hydrazine groups is 1. The SMILES string of the molecule is C=C1CN(C(=O)OC)N(C)c2ccc(Cl)cc21. The van der Waals surface area contributed by atoms with Gasteiger partial charge in [-0.25, -0.2) is 9.80 Å². The maximum atomic E-state index is 11.6. The van der Waals surface area contributed by atoms with Crippen molar-refractivity contribution in [3.05, 3.63) is 35.4 Å². The number of rotatable bonds is 0. The predicted octanol–water partition coefficient (Wildman–Crippen LogP) is 2.79. The second-order valence-electron chi connectivity index (χ2n) is 3.82. The molecule has 1 aliphatic heterocycles. The Morgan fingerprint density at radius 1 is 1.53 bits per heavy atom. The van der Waals surface area contributed by atoms with E-state index in [0.717, 1.165) is 16.8 Å². The van der Waals surface area contributed by atoms with Gasteiger partial charge in [-0.15, -0.1) is 0 Å². The number of fused-ring (bicyclic) bond motifs is 1. The van der Waals surface area contributed by atoms with Crippen LogP contribution in [0, 0.1) is 0 Å². The van der Waals surface area contributed by atoms with E-state index in [1.165, 1.54) is 12.1 Å². The van der Waals surface area contributed by atoms with Crippen LogP contribution in [0.15, 0.2) is 24.8 Å². The molecule has 90 valence electrons. The molecular weight excluding hydrogens is 240 g/mol. The van der Waals surface area contributed by atoms with E-state index >= 15 is 0 Å². The molecule has 0 unspecified atom stereocenters. The van der Waals surface area contributed by atoms with Crippen molar-refractivity contribution < 1.29 is 9.53 Å². The zero-order chi connectivity index (χ0) is 12.6. The fourth-order valence-corrected chi connectivity index (χ4v) is 2.04. The van der Waals surface area contributed by atoms with E-state index in [-0.39, 0.29) is 0 Å². The molecule has 0 spiro atoms. The van der Waals surface area contributed by atoms with Crippen LogP contribution >= 0.6 is 11.6 Å². The van der Waals surface area contributed by atoms with Crippen LogP contribution in [0.25, 0.3) is 5.57 Å². The van der Waals surface area contributed by atoms with E-state index < -0.39 is 6.09 Å². The Balaban J connectivity index is 2.44. The van der Waals surface area contributed by atoms with E-state index in [2.05, 4.69) is 6.58 Å². The van der Waals surface area contributed by atoms with Crippen LogP contribution in [0.5, 0.6) is 0 Å². The number of carbonyl (C=O) groups is 1. The second-order valence-corrected chi connectivity index (χ2v) is 4.25. The Bertz CT molecular complexity index is 487. The summed E-state index contributed by atoms with van der Waals surface area (Å²) < 4.78 is 4.73. The summed E-state index contributed by atoms with van der Waals surface area (Å²) in [7, 11) is 3.16. The lowest BCUT2D eigenvalue weighted by molar-refractivity contribution is 0.126. The molecule has 4 nitrogen and oxygen atoms in total. The highest BCUT2D eigenvalue weighted by Crippen LogP contribution is 2.34. The maximum Gasteiger partial charge on any atom is 0.428 e. The molecule has 0 radical (unpaired) electrons. The van der Waals surface area contributed by atoms with Crippen LogP contribution in [0.4, 0.5) is 10.5 Å². The van der Waals surface area contributed by atoms with Crippen LogP contribution in [0.1, 0.15) is 5.56 Å². The fraction of sp³-hybridized carbons (Fsp3) is 0.250. The van der Waals surface area contributed by atoms with E-state index in [0.29, 0.717) is 11.6 Å². The van der Waals surface area contributed by atoms with Crippen molar-refractivity contribution in [3.8, 4) is 0 Å². The van der Waals surface area contributed by atoms with Crippen LogP contribution in [0.3, 0.4) is 0 Å². The molecule has 0 saturated heterocycles. The van der Waals surface area contributed by atoms with Gasteiger partial charge < -0.3 is 4.74 Å². The third kappa shape index (κ3) is 1.96. The Labute approximate surface area is 105 Å². The number of amides is 1. The summed E-state index contributed by atoms with van der Waals surface area (Å²) in [6.07, 6.45) is -0.408. The van der Waals surface area contributed by atoms with Crippen LogP contribution in [-0.4, -0.2) is 31.8 Å². The molecule has 1 amide bonds. The molecule has 1 aromatic carbocycles. The molecule has 0 saturated carbocycles. The minimum atomic E-state index is -0.408. The van der Waals surface area contributed by atoms with Gasteiger partial charge in [0.1, 0.15) is 0 Å². The number of benzene rings is 1. The highest BCUT2D eigenvalue weighted by atomic mass is 35.5. The van der Waals surface area contributed by atoms with Gasteiger partial charge in [-0.2, -0.15) is 0 Å². The number of carbonyl (C=O) groups excluding carboxylic acids is 1. The summed E-state index contributed by atoms with van der Waals surface area (Å²) in [6, 6.07) is 5.49. The summed E-state index contributed by atoms with van der Waals surface area (Å²) in [6.45, 7) is 4.36. The molecule has 1 aliphatic rings. The third-order valence-electron chi connectivity index (χ3n) is 2.78. The average Bonchev–Trinajstić information content (AvgIpc) is 2.32. The minimum absolute atomic E-state index is 0.399. The van der Waals surface area contributed by atoms with Crippen LogP contribution in [0.2, 0.25) is 5.02 Å². The molecule has 0 bridgehead atoms. The molecule has 0 aliphatic carbocycles. The molecule has 0 N–H and O–H groups in total. The van der Waals surface area contributed by atoms with E-state index in [9.17, 15) is 4.79 Å². The topological polar surface area (TPSA) is 32.8 Å². The zero-order valence-electron chi connectivity index (χ0n) is 9.74. The van der Waals surface area contributed by atoms with Gasteiger partial charge in [-0.05, 0) is 23.8 Å².